The summed E-state index contributed by atoms with van der Waals surface area (Å²) >= 11 is 16.7. The number of hydrogen-bond acceptors (Lipinski definition) is 6. The summed E-state index contributed by atoms with van der Waals surface area (Å²) in [6.45, 7) is 3.86. The molecule has 0 aliphatic carbocycles. The maximum absolute atomic E-state index is 12.0. The molecule has 4 nitrogen and oxygen atoms in total. The first-order valence-electron chi connectivity index (χ1n) is 7.65. The van der Waals surface area contributed by atoms with Crippen molar-refractivity contribution in [3.63, 3.8) is 0 Å². The van der Waals surface area contributed by atoms with E-state index < -0.39 is 0 Å². The van der Waals surface area contributed by atoms with Gasteiger partial charge in [-0.05, 0) is 37.6 Å². The Kier molecular flexibility index (Phi) is 6.58. The van der Waals surface area contributed by atoms with Crippen molar-refractivity contribution in [1.82, 2.24) is 9.97 Å². The predicted octanol–water partition coefficient (Wildman–Crippen LogP) is 5.84. The molecule has 26 heavy (non-hydrogen) atoms. The van der Waals surface area contributed by atoms with Crippen molar-refractivity contribution in [1.29, 1.82) is 0 Å². The monoisotopic (exact) mass is 443 g/mol. The van der Waals surface area contributed by atoms with Gasteiger partial charge in [0, 0.05) is 26.7 Å². The van der Waals surface area contributed by atoms with Gasteiger partial charge < -0.3 is 5.32 Å². The molecule has 3 rings (SSSR count). The van der Waals surface area contributed by atoms with Crippen molar-refractivity contribution < 1.29 is 4.79 Å². The molecule has 1 N–H and O–H groups in total. The molecule has 1 amide bonds. The van der Waals surface area contributed by atoms with Crippen LogP contribution in [0.5, 0.6) is 0 Å². The molecule has 2 aromatic heterocycles. The van der Waals surface area contributed by atoms with Gasteiger partial charge in [-0.1, -0.05) is 35.0 Å². The predicted molar refractivity (Wildman–Crippen MR) is 112 cm³/mol. The second-order valence-corrected chi connectivity index (χ2v) is 9.54. The fraction of sp³-hybridized carbons (Fsp3) is 0.235. The number of aromatic nitrogens is 2. The second kappa shape index (κ2) is 8.71. The van der Waals surface area contributed by atoms with Crippen molar-refractivity contribution in [2.75, 3.05) is 11.1 Å². The van der Waals surface area contributed by atoms with Crippen molar-refractivity contribution in [3.8, 4) is 0 Å². The van der Waals surface area contributed by atoms with Gasteiger partial charge in [0.1, 0.15) is 0 Å². The normalized spacial score (nSPS) is 10.9. The highest BCUT2D eigenvalue weighted by atomic mass is 35.5. The molecular formula is C17H15Cl2N3OS3. The lowest BCUT2D eigenvalue weighted by molar-refractivity contribution is -0.113. The Morgan fingerprint density at radius 3 is 2.81 bits per heavy atom. The number of anilines is 1. The van der Waals surface area contributed by atoms with E-state index in [1.54, 1.807) is 23.5 Å². The number of rotatable bonds is 6. The van der Waals surface area contributed by atoms with E-state index in [-0.39, 0.29) is 5.91 Å². The highest BCUT2D eigenvalue weighted by Gasteiger charge is 2.13. The van der Waals surface area contributed by atoms with Gasteiger partial charge in [0.25, 0.3) is 0 Å². The van der Waals surface area contributed by atoms with Crippen molar-refractivity contribution in [3.05, 3.63) is 55.5 Å². The van der Waals surface area contributed by atoms with Gasteiger partial charge in [0.15, 0.2) is 9.47 Å². The van der Waals surface area contributed by atoms with Gasteiger partial charge in [-0.3, -0.25) is 4.79 Å². The van der Waals surface area contributed by atoms with Crippen LogP contribution < -0.4 is 5.32 Å². The summed E-state index contributed by atoms with van der Waals surface area (Å²) in [5.41, 5.74) is 2.82. The molecule has 0 bridgehead atoms. The van der Waals surface area contributed by atoms with Gasteiger partial charge in [-0.15, -0.1) is 22.7 Å². The van der Waals surface area contributed by atoms with E-state index in [0.717, 1.165) is 26.2 Å². The lowest BCUT2D eigenvalue weighted by atomic mass is 10.1. The number of carbonyl (C=O) groups excluding carboxylic acids is 1. The van der Waals surface area contributed by atoms with Crippen molar-refractivity contribution in [2.24, 2.45) is 0 Å². The number of benzene rings is 1. The summed E-state index contributed by atoms with van der Waals surface area (Å²) in [4.78, 5) is 21.9. The molecule has 0 spiro atoms. The third kappa shape index (κ3) is 5.20. The minimum atomic E-state index is -0.0864. The molecule has 0 atom stereocenters. The van der Waals surface area contributed by atoms with E-state index in [9.17, 15) is 4.79 Å². The van der Waals surface area contributed by atoms with Crippen LogP contribution >= 0.6 is 57.6 Å². The molecule has 2 heterocycles. The summed E-state index contributed by atoms with van der Waals surface area (Å²) in [6, 6.07) is 5.45. The summed E-state index contributed by atoms with van der Waals surface area (Å²) in [5, 5.41) is 6.68. The summed E-state index contributed by atoms with van der Waals surface area (Å²) in [6.07, 6.45) is 0.675. The fourth-order valence-electron chi connectivity index (χ4n) is 2.17. The van der Waals surface area contributed by atoms with Crippen LogP contribution in [0.4, 0.5) is 5.13 Å². The number of hydrogen-bond donors (Lipinski definition) is 1. The quantitative estimate of drug-likeness (QED) is 0.485. The molecule has 0 saturated heterocycles. The lowest BCUT2D eigenvalue weighted by Crippen LogP contribution is -2.13. The van der Waals surface area contributed by atoms with E-state index in [1.165, 1.54) is 23.1 Å². The standard InChI is InChI=1S/C17H15Cl2N3OS3/c1-9-7-24-16(20-9)22-15(23)8-25-17-21-10(2)14(26-17)6-11-5-12(18)3-4-13(11)19/h3-5,7H,6,8H2,1-2H3,(H,20,22,23). The van der Waals surface area contributed by atoms with Crippen LogP contribution in [-0.2, 0) is 11.2 Å². The largest absolute Gasteiger partial charge is 0.301 e. The third-order valence-corrected chi connectivity index (χ3v) is 7.20. The van der Waals surface area contributed by atoms with Crippen LogP contribution in [0, 0.1) is 13.8 Å². The van der Waals surface area contributed by atoms with Crippen LogP contribution in [0.1, 0.15) is 21.8 Å². The zero-order chi connectivity index (χ0) is 18.7. The number of halogens is 2. The van der Waals surface area contributed by atoms with Crippen molar-refractivity contribution in [2.45, 2.75) is 24.6 Å². The molecule has 0 unspecified atom stereocenters. The van der Waals surface area contributed by atoms with Crippen LogP contribution in [0.25, 0.3) is 0 Å². The van der Waals surface area contributed by atoms with Crippen LogP contribution in [0.2, 0.25) is 10.0 Å². The van der Waals surface area contributed by atoms with Gasteiger partial charge in [0.2, 0.25) is 5.91 Å². The molecule has 1 aromatic carbocycles. The Morgan fingerprint density at radius 1 is 1.27 bits per heavy atom. The number of thiazole rings is 2. The second-order valence-electron chi connectivity index (χ2n) is 5.53. The average Bonchev–Trinajstić information content (AvgIpc) is 3.15. The van der Waals surface area contributed by atoms with E-state index in [2.05, 4.69) is 15.3 Å². The Morgan fingerprint density at radius 2 is 2.08 bits per heavy atom. The van der Waals surface area contributed by atoms with E-state index in [4.69, 9.17) is 23.2 Å². The van der Waals surface area contributed by atoms with E-state index >= 15 is 0 Å². The summed E-state index contributed by atoms with van der Waals surface area (Å²) < 4.78 is 0.862. The van der Waals surface area contributed by atoms with Gasteiger partial charge in [-0.2, -0.15) is 0 Å². The first kappa shape index (κ1) is 19.6. The molecule has 0 aliphatic rings. The maximum atomic E-state index is 12.0. The molecule has 136 valence electrons. The Bertz CT molecular complexity index is 939. The van der Waals surface area contributed by atoms with E-state index in [1.807, 2.05) is 25.3 Å². The minimum absolute atomic E-state index is 0.0864. The Hall–Kier alpha value is -1.12. The molecule has 0 fully saturated rings. The number of amides is 1. The molecule has 0 aliphatic heterocycles. The highest BCUT2D eigenvalue weighted by Crippen LogP contribution is 2.31. The number of thioether (sulfide) groups is 1. The van der Waals surface area contributed by atoms with E-state index in [0.29, 0.717) is 27.4 Å². The molecule has 0 radical (unpaired) electrons. The molecule has 3 aromatic rings. The SMILES string of the molecule is Cc1csc(NC(=O)CSc2nc(C)c(Cc3cc(Cl)ccc3Cl)s2)n1. The lowest BCUT2D eigenvalue weighted by Gasteiger charge is -2.03. The number of carbonyl (C=O) groups is 1. The zero-order valence-corrected chi connectivity index (χ0v) is 18.0. The molecular weight excluding hydrogens is 429 g/mol. The van der Waals surface area contributed by atoms with Crippen molar-refractivity contribution >= 4 is 68.7 Å². The maximum Gasteiger partial charge on any atom is 0.236 e. The number of aryl methyl sites for hydroxylation is 2. The number of nitrogens with one attached hydrogen (secondary N) is 1. The Labute approximate surface area is 174 Å². The van der Waals surface area contributed by atoms with Gasteiger partial charge in [-0.25, -0.2) is 9.97 Å². The van der Waals surface area contributed by atoms with Crippen LogP contribution in [0.15, 0.2) is 27.9 Å². The molecule has 9 heteroatoms. The third-order valence-electron chi connectivity index (χ3n) is 3.42. The highest BCUT2D eigenvalue weighted by molar-refractivity contribution is 8.01. The first-order chi connectivity index (χ1) is 12.4. The fourth-order valence-corrected chi connectivity index (χ4v) is 5.31. The van der Waals surface area contributed by atoms with Crippen LogP contribution in [-0.4, -0.2) is 21.6 Å². The summed E-state index contributed by atoms with van der Waals surface area (Å²) in [5.74, 6) is 0.208. The zero-order valence-electron chi connectivity index (χ0n) is 14.0. The average molecular weight is 444 g/mol. The number of nitrogens with zero attached hydrogens (tertiary/aromatic N) is 2. The smallest absolute Gasteiger partial charge is 0.236 e. The first-order valence-corrected chi connectivity index (χ1v) is 11.1. The molecule has 0 saturated carbocycles. The Balaban J connectivity index is 1.61. The van der Waals surface area contributed by atoms with Gasteiger partial charge in [0.05, 0.1) is 17.1 Å². The minimum Gasteiger partial charge on any atom is -0.301 e. The van der Waals surface area contributed by atoms with Crippen LogP contribution in [0.3, 0.4) is 0 Å². The van der Waals surface area contributed by atoms with Gasteiger partial charge >= 0.3 is 0 Å². The topological polar surface area (TPSA) is 54.9 Å². The summed E-state index contributed by atoms with van der Waals surface area (Å²) in [7, 11) is 0.